The van der Waals surface area contributed by atoms with Gasteiger partial charge < -0.3 is 10.6 Å². The lowest BCUT2D eigenvalue weighted by molar-refractivity contribution is -0.384. The van der Waals surface area contributed by atoms with Crippen molar-refractivity contribution in [3.63, 3.8) is 0 Å². The van der Waals surface area contributed by atoms with E-state index in [2.05, 4.69) is 10.6 Å². The second kappa shape index (κ2) is 8.60. The number of nitro benzene ring substituents is 1. The third-order valence-electron chi connectivity index (χ3n) is 3.22. The maximum Gasteiger partial charge on any atom is 0.271 e. The Kier molecular flexibility index (Phi) is 6.25. The molecule has 0 saturated carbocycles. The van der Waals surface area contributed by atoms with Gasteiger partial charge >= 0.3 is 0 Å². The topological polar surface area (TPSA) is 108 Å². The predicted octanol–water partition coefficient (Wildman–Crippen LogP) is 3.52. The molecular weight excluding hydrogens is 363 g/mol. The number of nitrogens with one attached hydrogen (secondary N) is 2. The molecule has 2 rings (SSSR count). The van der Waals surface area contributed by atoms with Crippen LogP contribution in [0.25, 0.3) is 0 Å². The van der Waals surface area contributed by atoms with Crippen molar-refractivity contribution >= 4 is 28.9 Å². The van der Waals surface area contributed by atoms with Crippen LogP contribution in [0, 0.1) is 27.3 Å². The van der Waals surface area contributed by atoms with Gasteiger partial charge in [0.15, 0.2) is 0 Å². The molecule has 0 bridgehead atoms. The summed E-state index contributed by atoms with van der Waals surface area (Å²) in [6.07, 6.45) is 1.17. The van der Waals surface area contributed by atoms with E-state index >= 15 is 0 Å². The minimum Gasteiger partial charge on any atom is -0.386 e. The van der Waals surface area contributed by atoms with Crippen molar-refractivity contribution in [3.05, 3.63) is 80.8 Å². The molecule has 0 atom stereocenters. The molecule has 0 spiro atoms. The zero-order chi connectivity index (χ0) is 19.1. The summed E-state index contributed by atoms with van der Waals surface area (Å²) in [6, 6.07) is 11.1. The molecule has 9 heteroatoms. The van der Waals surface area contributed by atoms with Crippen LogP contribution in [0.3, 0.4) is 0 Å². The Morgan fingerprint density at radius 1 is 1.35 bits per heavy atom. The average molecular weight is 375 g/mol. The van der Waals surface area contributed by atoms with Gasteiger partial charge in [0, 0.05) is 24.9 Å². The molecule has 0 saturated heterocycles. The summed E-state index contributed by atoms with van der Waals surface area (Å²) in [7, 11) is 0. The van der Waals surface area contributed by atoms with Gasteiger partial charge in [-0.1, -0.05) is 23.7 Å². The molecule has 2 N–H and O–H groups in total. The summed E-state index contributed by atoms with van der Waals surface area (Å²) < 4.78 is 13.1. The number of hydrogen-bond acceptors (Lipinski definition) is 5. The van der Waals surface area contributed by atoms with Crippen LogP contribution in [0.4, 0.5) is 15.8 Å². The fourth-order valence-electron chi connectivity index (χ4n) is 1.98. The van der Waals surface area contributed by atoms with Crippen LogP contribution in [0.5, 0.6) is 0 Å². The predicted molar refractivity (Wildman–Crippen MR) is 93.7 cm³/mol. The summed E-state index contributed by atoms with van der Waals surface area (Å²) in [5.41, 5.74) is 0.109. The molecule has 2 aromatic rings. The van der Waals surface area contributed by atoms with Crippen molar-refractivity contribution in [2.24, 2.45) is 0 Å². The fraction of sp³-hybridized carbons (Fsp3) is 0.0588. The van der Waals surface area contributed by atoms with Gasteiger partial charge in [-0.15, -0.1) is 0 Å². The summed E-state index contributed by atoms with van der Waals surface area (Å²) in [4.78, 5) is 22.3. The van der Waals surface area contributed by atoms with Crippen LogP contribution in [-0.4, -0.2) is 10.8 Å². The SMILES string of the molecule is N#C/C(=C/NCc1cccc(F)c1)C(=O)Nc1cc([N+](=O)[O-])ccc1Cl. The van der Waals surface area contributed by atoms with Gasteiger partial charge in [0.25, 0.3) is 11.6 Å². The number of nitrogens with zero attached hydrogens (tertiary/aromatic N) is 2. The van der Waals surface area contributed by atoms with Crippen LogP contribution >= 0.6 is 11.6 Å². The molecule has 0 aliphatic rings. The Bertz CT molecular complexity index is 924. The van der Waals surface area contributed by atoms with E-state index < -0.39 is 16.6 Å². The lowest BCUT2D eigenvalue weighted by Gasteiger charge is -2.07. The van der Waals surface area contributed by atoms with E-state index in [1.54, 1.807) is 12.1 Å². The Balaban J connectivity index is 2.08. The number of anilines is 1. The average Bonchev–Trinajstić information content (AvgIpc) is 2.60. The summed E-state index contributed by atoms with van der Waals surface area (Å²) >= 11 is 5.90. The minimum atomic E-state index is -0.790. The van der Waals surface area contributed by atoms with Crippen LogP contribution in [0.1, 0.15) is 5.56 Å². The standard InChI is InChI=1S/C17H12ClFN4O3/c18-15-5-4-14(23(25)26)7-16(15)22-17(24)12(8-20)10-21-9-11-2-1-3-13(19)6-11/h1-7,10,21H,9H2,(H,22,24)/b12-10-. The van der Waals surface area contributed by atoms with Crippen LogP contribution < -0.4 is 10.6 Å². The molecule has 0 radical (unpaired) electrons. The third-order valence-corrected chi connectivity index (χ3v) is 3.55. The first-order valence-electron chi connectivity index (χ1n) is 7.24. The van der Waals surface area contributed by atoms with E-state index in [9.17, 15) is 19.3 Å². The quantitative estimate of drug-likeness (QED) is 0.348. The first-order chi connectivity index (χ1) is 12.4. The maximum absolute atomic E-state index is 13.1. The van der Waals surface area contributed by atoms with E-state index in [0.717, 1.165) is 6.07 Å². The van der Waals surface area contributed by atoms with Gasteiger partial charge in [0.05, 0.1) is 15.6 Å². The second-order valence-corrected chi connectivity index (χ2v) is 5.46. The molecule has 0 heterocycles. The van der Waals surface area contributed by atoms with Gasteiger partial charge in [0.1, 0.15) is 17.5 Å². The number of amides is 1. The number of hydrogen-bond donors (Lipinski definition) is 2. The number of nitriles is 1. The molecule has 7 nitrogen and oxygen atoms in total. The highest BCUT2D eigenvalue weighted by molar-refractivity contribution is 6.34. The van der Waals surface area contributed by atoms with E-state index in [4.69, 9.17) is 16.9 Å². The molecule has 132 valence electrons. The largest absolute Gasteiger partial charge is 0.386 e. The van der Waals surface area contributed by atoms with Crippen molar-refractivity contribution in [3.8, 4) is 6.07 Å². The molecule has 0 aliphatic heterocycles. The van der Waals surface area contributed by atoms with Gasteiger partial charge in [-0.3, -0.25) is 14.9 Å². The summed E-state index contributed by atoms with van der Waals surface area (Å²) in [5, 5.41) is 25.1. The monoisotopic (exact) mass is 374 g/mol. The first kappa shape index (κ1) is 18.9. The minimum absolute atomic E-state index is 0.0112. The Hall–Kier alpha value is -3.44. The molecule has 26 heavy (non-hydrogen) atoms. The van der Waals surface area contributed by atoms with Crippen molar-refractivity contribution < 1.29 is 14.1 Å². The first-order valence-corrected chi connectivity index (χ1v) is 7.62. The van der Waals surface area contributed by atoms with Crippen LogP contribution in [0.15, 0.2) is 54.2 Å². The fourth-order valence-corrected chi connectivity index (χ4v) is 2.14. The number of benzene rings is 2. The highest BCUT2D eigenvalue weighted by Gasteiger charge is 2.14. The zero-order valence-electron chi connectivity index (χ0n) is 13.2. The van der Waals surface area contributed by atoms with Gasteiger partial charge in [-0.25, -0.2) is 4.39 Å². The second-order valence-electron chi connectivity index (χ2n) is 5.06. The number of non-ortho nitro benzene ring substituents is 1. The Morgan fingerprint density at radius 3 is 2.77 bits per heavy atom. The smallest absolute Gasteiger partial charge is 0.271 e. The number of carbonyl (C=O) groups excluding carboxylic acids is 1. The highest BCUT2D eigenvalue weighted by Crippen LogP contribution is 2.26. The molecule has 0 aromatic heterocycles. The highest BCUT2D eigenvalue weighted by atomic mass is 35.5. The molecule has 2 aromatic carbocycles. The van der Waals surface area contributed by atoms with E-state index in [-0.39, 0.29) is 28.5 Å². The molecule has 0 unspecified atom stereocenters. The van der Waals surface area contributed by atoms with Crippen molar-refractivity contribution in [2.75, 3.05) is 5.32 Å². The maximum atomic E-state index is 13.1. The van der Waals surface area contributed by atoms with Gasteiger partial charge in [-0.05, 0) is 23.8 Å². The van der Waals surface area contributed by atoms with E-state index in [0.29, 0.717) is 5.56 Å². The lowest BCUT2D eigenvalue weighted by atomic mass is 10.2. The molecule has 1 amide bonds. The van der Waals surface area contributed by atoms with Gasteiger partial charge in [-0.2, -0.15) is 5.26 Å². The summed E-state index contributed by atoms with van der Waals surface area (Å²) in [5.74, 6) is -1.19. The molecule has 0 fully saturated rings. The number of carbonyl (C=O) groups is 1. The molecule has 0 aliphatic carbocycles. The van der Waals surface area contributed by atoms with Crippen molar-refractivity contribution in [1.29, 1.82) is 5.26 Å². The van der Waals surface area contributed by atoms with Crippen molar-refractivity contribution in [1.82, 2.24) is 5.32 Å². The molecular formula is C17H12ClFN4O3. The normalized spacial score (nSPS) is 10.7. The Labute approximate surface area is 152 Å². The van der Waals surface area contributed by atoms with Crippen molar-refractivity contribution in [2.45, 2.75) is 6.54 Å². The Morgan fingerprint density at radius 2 is 2.12 bits per heavy atom. The van der Waals surface area contributed by atoms with Crippen LogP contribution in [-0.2, 0) is 11.3 Å². The zero-order valence-corrected chi connectivity index (χ0v) is 14.0. The van der Waals surface area contributed by atoms with E-state index in [1.807, 2.05) is 0 Å². The number of halogens is 2. The third kappa shape index (κ3) is 5.03. The van der Waals surface area contributed by atoms with E-state index in [1.165, 1.54) is 36.5 Å². The summed E-state index contributed by atoms with van der Waals surface area (Å²) in [6.45, 7) is 0.202. The van der Waals surface area contributed by atoms with Crippen LogP contribution in [0.2, 0.25) is 5.02 Å². The lowest BCUT2D eigenvalue weighted by Crippen LogP contribution is -2.17. The van der Waals surface area contributed by atoms with Gasteiger partial charge in [0.2, 0.25) is 0 Å². The number of nitro groups is 1. The number of rotatable bonds is 6.